The van der Waals surface area contributed by atoms with Crippen LogP contribution in [0.2, 0.25) is 5.02 Å². The van der Waals surface area contributed by atoms with Crippen LogP contribution in [0.5, 0.6) is 0 Å². The maximum atomic E-state index is 10.8. The maximum absolute atomic E-state index is 10.8. The van der Waals surface area contributed by atoms with Crippen LogP contribution in [0.25, 0.3) is 10.6 Å². The highest BCUT2D eigenvalue weighted by atomic mass is 35.5. The summed E-state index contributed by atoms with van der Waals surface area (Å²) in [7, 11) is 1.74. The number of anilines is 1. The molecule has 1 heterocycles. The Balaban J connectivity index is 2.26. The predicted molar refractivity (Wildman–Crippen MR) is 72.8 cm³/mol. The monoisotopic (exact) mass is 282 g/mol. The third-order valence-corrected chi connectivity index (χ3v) is 3.64. The molecule has 0 saturated heterocycles. The van der Waals surface area contributed by atoms with Gasteiger partial charge in [0.1, 0.15) is 0 Å². The smallest absolute Gasteiger partial charge is 0.237 e. The van der Waals surface area contributed by atoms with Crippen LogP contribution in [0.4, 0.5) is 5.13 Å². The molecule has 2 aromatic rings. The summed E-state index contributed by atoms with van der Waals surface area (Å²) < 4.78 is 0. The van der Waals surface area contributed by atoms with Gasteiger partial charge in [-0.2, -0.15) is 0 Å². The summed E-state index contributed by atoms with van der Waals surface area (Å²) in [6, 6.07) is 7.41. The minimum atomic E-state index is -0.410. The second kappa shape index (κ2) is 5.32. The molecule has 0 aliphatic rings. The van der Waals surface area contributed by atoms with Crippen molar-refractivity contribution >= 4 is 34.0 Å². The molecule has 18 heavy (non-hydrogen) atoms. The van der Waals surface area contributed by atoms with Crippen LogP contribution >= 0.6 is 22.9 Å². The van der Waals surface area contributed by atoms with Crippen LogP contribution in [0.3, 0.4) is 0 Å². The highest BCUT2D eigenvalue weighted by Crippen LogP contribution is 2.32. The molecule has 2 rings (SSSR count). The second-order valence-corrected chi connectivity index (χ2v) is 5.06. The van der Waals surface area contributed by atoms with Crippen LogP contribution in [0.1, 0.15) is 0 Å². The van der Waals surface area contributed by atoms with Gasteiger partial charge in [-0.3, -0.25) is 4.79 Å². The average molecular weight is 283 g/mol. The topological polar surface area (TPSA) is 72.1 Å². The zero-order chi connectivity index (χ0) is 13.1. The lowest BCUT2D eigenvalue weighted by atomic mass is 10.2. The van der Waals surface area contributed by atoms with E-state index < -0.39 is 5.91 Å². The fourth-order valence-electron chi connectivity index (χ4n) is 1.41. The quantitative estimate of drug-likeness (QED) is 0.928. The standard InChI is InChI=1S/C11H11ClN4OS/c1-16(6-9(13)17)11-15-14-10(18-11)7-4-2-3-5-8(7)12/h2-5H,6H2,1H3,(H2,13,17). The first-order valence-corrected chi connectivity index (χ1v) is 6.35. The number of rotatable bonds is 4. The van der Waals surface area contributed by atoms with Crippen molar-refractivity contribution in [1.29, 1.82) is 0 Å². The van der Waals surface area contributed by atoms with Gasteiger partial charge in [-0.1, -0.05) is 41.1 Å². The number of carbonyl (C=O) groups excluding carboxylic acids is 1. The number of primary amides is 1. The van der Waals surface area contributed by atoms with E-state index in [9.17, 15) is 4.79 Å². The van der Waals surface area contributed by atoms with Gasteiger partial charge in [0.15, 0.2) is 5.01 Å². The molecular formula is C11H11ClN4OS. The minimum Gasteiger partial charge on any atom is -0.368 e. The minimum absolute atomic E-state index is 0.108. The lowest BCUT2D eigenvalue weighted by molar-refractivity contribution is -0.116. The summed E-state index contributed by atoms with van der Waals surface area (Å²) in [5.74, 6) is -0.410. The Kier molecular flexibility index (Phi) is 3.78. The second-order valence-electron chi connectivity index (χ2n) is 3.69. The molecule has 0 unspecified atom stereocenters. The van der Waals surface area contributed by atoms with Crippen molar-refractivity contribution in [2.75, 3.05) is 18.5 Å². The molecule has 2 N–H and O–H groups in total. The molecule has 0 spiro atoms. The summed E-state index contributed by atoms with van der Waals surface area (Å²) >= 11 is 7.44. The number of benzene rings is 1. The molecule has 0 bridgehead atoms. The van der Waals surface area contributed by atoms with Crippen LogP contribution < -0.4 is 10.6 Å². The SMILES string of the molecule is CN(CC(N)=O)c1nnc(-c2ccccc2Cl)s1. The van der Waals surface area contributed by atoms with Crippen molar-refractivity contribution in [3.63, 3.8) is 0 Å². The Hall–Kier alpha value is -1.66. The van der Waals surface area contributed by atoms with E-state index in [4.69, 9.17) is 17.3 Å². The number of likely N-dealkylation sites (N-methyl/N-ethyl adjacent to an activating group) is 1. The van der Waals surface area contributed by atoms with Crippen molar-refractivity contribution in [3.05, 3.63) is 29.3 Å². The Morgan fingerprint density at radius 1 is 1.44 bits per heavy atom. The van der Waals surface area contributed by atoms with Gasteiger partial charge in [0.2, 0.25) is 11.0 Å². The average Bonchev–Trinajstić information content (AvgIpc) is 2.78. The predicted octanol–water partition coefficient (Wildman–Crippen LogP) is 1.78. The van der Waals surface area contributed by atoms with Gasteiger partial charge in [0.05, 0.1) is 11.6 Å². The van der Waals surface area contributed by atoms with Gasteiger partial charge in [0, 0.05) is 12.6 Å². The molecule has 1 aromatic heterocycles. The van der Waals surface area contributed by atoms with Crippen molar-refractivity contribution in [1.82, 2.24) is 10.2 Å². The van der Waals surface area contributed by atoms with E-state index in [0.717, 1.165) is 5.56 Å². The number of amides is 1. The van der Waals surface area contributed by atoms with E-state index in [1.165, 1.54) is 11.3 Å². The summed E-state index contributed by atoms with van der Waals surface area (Å²) in [5.41, 5.74) is 5.96. The zero-order valence-electron chi connectivity index (χ0n) is 9.63. The Labute approximate surface area is 113 Å². The molecular weight excluding hydrogens is 272 g/mol. The molecule has 94 valence electrons. The number of aromatic nitrogens is 2. The fraction of sp³-hybridized carbons (Fsp3) is 0.182. The summed E-state index contributed by atoms with van der Waals surface area (Å²) in [6.45, 7) is 0.108. The fourth-order valence-corrected chi connectivity index (χ4v) is 2.54. The first kappa shape index (κ1) is 12.8. The normalized spacial score (nSPS) is 10.3. The molecule has 1 aromatic carbocycles. The van der Waals surface area contributed by atoms with E-state index in [2.05, 4.69) is 10.2 Å². The number of hydrogen-bond donors (Lipinski definition) is 1. The molecule has 0 radical (unpaired) electrons. The van der Waals surface area contributed by atoms with E-state index in [-0.39, 0.29) is 6.54 Å². The number of nitrogens with zero attached hydrogens (tertiary/aromatic N) is 3. The van der Waals surface area contributed by atoms with Gasteiger partial charge in [0.25, 0.3) is 0 Å². The molecule has 0 fully saturated rings. The van der Waals surface area contributed by atoms with Crippen LogP contribution in [-0.2, 0) is 4.79 Å². The van der Waals surface area contributed by atoms with E-state index in [1.54, 1.807) is 18.0 Å². The van der Waals surface area contributed by atoms with Gasteiger partial charge in [-0.15, -0.1) is 10.2 Å². The largest absolute Gasteiger partial charge is 0.368 e. The van der Waals surface area contributed by atoms with E-state index in [1.807, 2.05) is 18.2 Å². The van der Waals surface area contributed by atoms with E-state index >= 15 is 0 Å². The third-order valence-electron chi connectivity index (χ3n) is 2.24. The molecule has 7 heteroatoms. The molecule has 0 saturated carbocycles. The summed E-state index contributed by atoms with van der Waals surface area (Å²) in [4.78, 5) is 12.5. The van der Waals surface area contributed by atoms with Gasteiger partial charge < -0.3 is 10.6 Å². The lowest BCUT2D eigenvalue weighted by Crippen LogP contribution is -2.30. The molecule has 0 aliphatic heterocycles. The summed E-state index contributed by atoms with van der Waals surface area (Å²) in [6.07, 6.45) is 0. The maximum Gasteiger partial charge on any atom is 0.237 e. The highest BCUT2D eigenvalue weighted by Gasteiger charge is 2.13. The first-order chi connectivity index (χ1) is 8.58. The van der Waals surface area contributed by atoms with Crippen LogP contribution in [-0.4, -0.2) is 29.7 Å². The molecule has 0 aliphatic carbocycles. The molecule has 5 nitrogen and oxygen atoms in total. The van der Waals surface area contributed by atoms with Crippen molar-refractivity contribution in [3.8, 4) is 10.6 Å². The Bertz CT molecular complexity index is 572. The number of carbonyl (C=O) groups is 1. The van der Waals surface area contributed by atoms with E-state index in [0.29, 0.717) is 15.2 Å². The first-order valence-electron chi connectivity index (χ1n) is 5.16. The number of nitrogens with two attached hydrogens (primary N) is 1. The van der Waals surface area contributed by atoms with Crippen LogP contribution in [0, 0.1) is 0 Å². The molecule has 0 atom stereocenters. The van der Waals surface area contributed by atoms with Gasteiger partial charge in [-0.25, -0.2) is 0 Å². The van der Waals surface area contributed by atoms with Gasteiger partial charge in [-0.05, 0) is 6.07 Å². The third kappa shape index (κ3) is 2.77. The van der Waals surface area contributed by atoms with Crippen LogP contribution in [0.15, 0.2) is 24.3 Å². The van der Waals surface area contributed by atoms with Crippen molar-refractivity contribution < 1.29 is 4.79 Å². The van der Waals surface area contributed by atoms with Gasteiger partial charge >= 0.3 is 0 Å². The Morgan fingerprint density at radius 3 is 2.83 bits per heavy atom. The summed E-state index contributed by atoms with van der Waals surface area (Å²) in [5, 5.41) is 10.0. The number of halogens is 1. The highest BCUT2D eigenvalue weighted by molar-refractivity contribution is 7.18. The lowest BCUT2D eigenvalue weighted by Gasteiger charge is -2.11. The molecule has 1 amide bonds. The van der Waals surface area contributed by atoms with Crippen molar-refractivity contribution in [2.24, 2.45) is 5.73 Å². The van der Waals surface area contributed by atoms with Crippen molar-refractivity contribution in [2.45, 2.75) is 0 Å². The Morgan fingerprint density at radius 2 is 2.17 bits per heavy atom. The number of hydrogen-bond acceptors (Lipinski definition) is 5. The zero-order valence-corrected chi connectivity index (χ0v) is 11.2.